The number of hydrogen-bond acceptors (Lipinski definition) is 1. The quantitative estimate of drug-likeness (QED) is 0.168. The minimum atomic E-state index is 0.918. The second-order valence-electron chi connectivity index (χ2n) is 14.5. The standard InChI is InChI=1S/C54H35NO/c1-3-10-36(11-4-1)43-24-29-51-48(33-43)49-34-44(37-12-5-2-6-13-37)25-30-52(49)55(51)46-27-22-40(23-28-46)42-15-9-14-41(32-42)38-18-20-39(21-19-38)45-26-31-54-50(35-45)47-16-7-8-17-53(47)56-54/h1-35H. The molecule has 262 valence electrons. The van der Waals surface area contributed by atoms with Crippen molar-refractivity contribution in [3.8, 4) is 61.3 Å². The summed E-state index contributed by atoms with van der Waals surface area (Å²) in [6.07, 6.45) is 0. The Labute approximate surface area is 325 Å². The molecule has 0 aliphatic heterocycles. The number of aromatic nitrogens is 1. The Morgan fingerprint density at radius 1 is 0.250 bits per heavy atom. The van der Waals surface area contributed by atoms with E-state index >= 15 is 0 Å². The summed E-state index contributed by atoms with van der Waals surface area (Å²) in [6.45, 7) is 0. The van der Waals surface area contributed by atoms with Gasteiger partial charge in [0.05, 0.1) is 11.0 Å². The first kappa shape index (κ1) is 32.0. The molecule has 56 heavy (non-hydrogen) atoms. The Balaban J connectivity index is 0.929. The van der Waals surface area contributed by atoms with Gasteiger partial charge in [0.25, 0.3) is 0 Å². The van der Waals surface area contributed by atoms with Crippen LogP contribution in [-0.4, -0.2) is 4.57 Å². The van der Waals surface area contributed by atoms with Gasteiger partial charge in [-0.05, 0) is 116 Å². The Kier molecular flexibility index (Phi) is 7.53. The first-order valence-electron chi connectivity index (χ1n) is 19.2. The highest BCUT2D eigenvalue weighted by molar-refractivity contribution is 6.12. The number of nitrogens with zero attached hydrogens (tertiary/aromatic N) is 1. The fourth-order valence-electron chi connectivity index (χ4n) is 8.36. The highest BCUT2D eigenvalue weighted by Gasteiger charge is 2.15. The van der Waals surface area contributed by atoms with E-state index in [1.807, 2.05) is 12.1 Å². The lowest BCUT2D eigenvalue weighted by Crippen LogP contribution is -1.94. The number of rotatable bonds is 6. The van der Waals surface area contributed by atoms with Gasteiger partial charge in [-0.1, -0.05) is 152 Å². The van der Waals surface area contributed by atoms with Gasteiger partial charge in [-0.25, -0.2) is 0 Å². The van der Waals surface area contributed by atoms with E-state index in [9.17, 15) is 0 Å². The van der Waals surface area contributed by atoms with Gasteiger partial charge in [-0.3, -0.25) is 0 Å². The first-order chi connectivity index (χ1) is 27.7. The van der Waals surface area contributed by atoms with Crippen molar-refractivity contribution in [2.24, 2.45) is 0 Å². The summed E-state index contributed by atoms with van der Waals surface area (Å²) in [5.41, 5.74) is 17.4. The van der Waals surface area contributed by atoms with Crippen molar-refractivity contribution in [1.82, 2.24) is 4.57 Å². The van der Waals surface area contributed by atoms with Crippen molar-refractivity contribution in [2.45, 2.75) is 0 Å². The summed E-state index contributed by atoms with van der Waals surface area (Å²) in [6, 6.07) is 76.5. The highest BCUT2D eigenvalue weighted by Crippen LogP contribution is 2.38. The zero-order chi connectivity index (χ0) is 37.0. The molecule has 0 N–H and O–H groups in total. The maximum atomic E-state index is 6.06. The number of para-hydroxylation sites is 1. The highest BCUT2D eigenvalue weighted by atomic mass is 16.3. The minimum absolute atomic E-state index is 0.918. The van der Waals surface area contributed by atoms with Crippen LogP contribution in [0.4, 0.5) is 0 Å². The number of benzene rings is 9. The molecule has 0 spiro atoms. The minimum Gasteiger partial charge on any atom is -0.456 e. The van der Waals surface area contributed by atoms with Gasteiger partial charge < -0.3 is 8.98 Å². The Bertz CT molecular complexity index is 3110. The molecule has 11 rings (SSSR count). The number of furan rings is 1. The number of fused-ring (bicyclic) bond motifs is 6. The molecule has 2 aromatic heterocycles. The van der Waals surface area contributed by atoms with Crippen molar-refractivity contribution in [2.75, 3.05) is 0 Å². The van der Waals surface area contributed by atoms with E-state index < -0.39 is 0 Å². The van der Waals surface area contributed by atoms with Crippen molar-refractivity contribution in [3.63, 3.8) is 0 Å². The van der Waals surface area contributed by atoms with Crippen LogP contribution in [0.3, 0.4) is 0 Å². The van der Waals surface area contributed by atoms with E-state index in [0.29, 0.717) is 0 Å². The van der Waals surface area contributed by atoms with E-state index in [2.05, 4.69) is 205 Å². The lowest BCUT2D eigenvalue weighted by molar-refractivity contribution is 0.669. The van der Waals surface area contributed by atoms with Crippen LogP contribution in [0, 0.1) is 0 Å². The second-order valence-corrected chi connectivity index (χ2v) is 14.5. The fourth-order valence-corrected chi connectivity index (χ4v) is 8.36. The van der Waals surface area contributed by atoms with Crippen LogP contribution in [0.25, 0.3) is 105 Å². The number of hydrogen-bond donors (Lipinski definition) is 0. The molecule has 0 saturated heterocycles. The molecular formula is C54H35NO. The smallest absolute Gasteiger partial charge is 0.135 e. The molecule has 9 aromatic carbocycles. The predicted molar refractivity (Wildman–Crippen MR) is 235 cm³/mol. The van der Waals surface area contributed by atoms with Gasteiger partial charge in [-0.2, -0.15) is 0 Å². The molecule has 0 aliphatic rings. The van der Waals surface area contributed by atoms with Gasteiger partial charge in [0.2, 0.25) is 0 Å². The largest absolute Gasteiger partial charge is 0.456 e. The summed E-state index contributed by atoms with van der Waals surface area (Å²) in [7, 11) is 0. The normalized spacial score (nSPS) is 11.6. The fraction of sp³-hybridized carbons (Fsp3) is 0. The van der Waals surface area contributed by atoms with Gasteiger partial charge >= 0.3 is 0 Å². The summed E-state index contributed by atoms with van der Waals surface area (Å²) < 4.78 is 8.47. The molecule has 11 aromatic rings. The third-order valence-corrected chi connectivity index (χ3v) is 11.2. The molecule has 0 saturated carbocycles. The summed E-state index contributed by atoms with van der Waals surface area (Å²) in [5.74, 6) is 0. The van der Waals surface area contributed by atoms with Crippen molar-refractivity contribution < 1.29 is 4.42 Å². The molecule has 0 radical (unpaired) electrons. The molecule has 0 amide bonds. The van der Waals surface area contributed by atoms with E-state index in [4.69, 9.17) is 4.42 Å². The van der Waals surface area contributed by atoms with Gasteiger partial charge in [0.1, 0.15) is 11.2 Å². The van der Waals surface area contributed by atoms with E-state index in [-0.39, 0.29) is 0 Å². The van der Waals surface area contributed by atoms with Crippen LogP contribution in [0.5, 0.6) is 0 Å². The lowest BCUT2D eigenvalue weighted by atomic mass is 9.96. The Hall–Kier alpha value is -7.42. The lowest BCUT2D eigenvalue weighted by Gasteiger charge is -2.11. The molecule has 0 bridgehead atoms. The van der Waals surface area contributed by atoms with Crippen LogP contribution >= 0.6 is 0 Å². The molecule has 2 heterocycles. The van der Waals surface area contributed by atoms with Crippen LogP contribution in [0.1, 0.15) is 0 Å². The van der Waals surface area contributed by atoms with Gasteiger partial charge in [0, 0.05) is 27.2 Å². The summed E-state index contributed by atoms with van der Waals surface area (Å²) in [5, 5.41) is 4.79. The molecular weight excluding hydrogens is 679 g/mol. The second kappa shape index (κ2) is 13.2. The van der Waals surface area contributed by atoms with Gasteiger partial charge in [0.15, 0.2) is 0 Å². The van der Waals surface area contributed by atoms with Crippen molar-refractivity contribution >= 4 is 43.7 Å². The average Bonchev–Trinajstić information content (AvgIpc) is 3.82. The van der Waals surface area contributed by atoms with Crippen molar-refractivity contribution in [3.05, 3.63) is 212 Å². The zero-order valence-electron chi connectivity index (χ0n) is 30.6. The first-order valence-corrected chi connectivity index (χ1v) is 19.2. The Morgan fingerprint density at radius 3 is 1.21 bits per heavy atom. The molecule has 0 unspecified atom stereocenters. The third-order valence-electron chi connectivity index (χ3n) is 11.2. The summed E-state index contributed by atoms with van der Waals surface area (Å²) in [4.78, 5) is 0. The van der Waals surface area contributed by atoms with Crippen molar-refractivity contribution in [1.29, 1.82) is 0 Å². The maximum absolute atomic E-state index is 6.06. The third kappa shape index (κ3) is 5.51. The SMILES string of the molecule is c1ccc(-c2ccc3c(c2)c2cc(-c4ccccc4)ccc2n3-c2ccc(-c3cccc(-c4ccc(-c5ccc6oc7ccccc7c6c5)cc4)c3)cc2)cc1. The van der Waals surface area contributed by atoms with Gasteiger partial charge in [-0.15, -0.1) is 0 Å². The molecule has 0 aliphatic carbocycles. The van der Waals surface area contributed by atoms with Crippen LogP contribution in [-0.2, 0) is 0 Å². The molecule has 2 nitrogen and oxygen atoms in total. The van der Waals surface area contributed by atoms with Crippen LogP contribution < -0.4 is 0 Å². The molecule has 2 heteroatoms. The Morgan fingerprint density at radius 2 is 0.643 bits per heavy atom. The summed E-state index contributed by atoms with van der Waals surface area (Å²) >= 11 is 0. The monoisotopic (exact) mass is 713 g/mol. The van der Waals surface area contributed by atoms with E-state index in [1.165, 1.54) is 77.4 Å². The van der Waals surface area contributed by atoms with Crippen LogP contribution in [0.15, 0.2) is 217 Å². The topological polar surface area (TPSA) is 18.1 Å². The average molecular weight is 714 g/mol. The molecule has 0 atom stereocenters. The zero-order valence-corrected chi connectivity index (χ0v) is 30.6. The van der Waals surface area contributed by atoms with E-state index in [0.717, 1.165) is 27.6 Å². The molecule has 0 fully saturated rings. The predicted octanol–water partition coefficient (Wildman–Crippen LogP) is 15.0. The maximum Gasteiger partial charge on any atom is 0.135 e. The van der Waals surface area contributed by atoms with E-state index in [1.54, 1.807) is 0 Å². The van der Waals surface area contributed by atoms with Crippen LogP contribution in [0.2, 0.25) is 0 Å².